The van der Waals surface area contributed by atoms with Crippen molar-refractivity contribution >= 4 is 5.91 Å². The monoisotopic (exact) mass is 316 g/mol. The fourth-order valence-corrected chi connectivity index (χ4v) is 2.82. The molecule has 2 unspecified atom stereocenters. The number of nitriles is 1. The van der Waals surface area contributed by atoms with Crippen LogP contribution in [-0.4, -0.2) is 59.1 Å². The van der Waals surface area contributed by atoms with Crippen molar-refractivity contribution in [3.05, 3.63) is 30.1 Å². The third-order valence-electron chi connectivity index (χ3n) is 3.78. The standard InChI is InChI=1S/C17H24N4O2/c1-14-10-21(11-15(2)23-14)17(22)13-20(9-5-7-18)12-16-6-3-4-8-19-16/h3-4,6,8,14-15H,5,9-13H2,1-2H3. The van der Waals surface area contributed by atoms with Crippen LogP contribution in [0.25, 0.3) is 0 Å². The summed E-state index contributed by atoms with van der Waals surface area (Å²) >= 11 is 0. The van der Waals surface area contributed by atoms with Crippen LogP contribution in [0.2, 0.25) is 0 Å². The number of rotatable bonds is 6. The lowest BCUT2D eigenvalue weighted by atomic mass is 10.2. The van der Waals surface area contributed by atoms with Gasteiger partial charge in [-0.25, -0.2) is 0 Å². The molecule has 2 heterocycles. The molecule has 1 aliphatic heterocycles. The number of carbonyl (C=O) groups is 1. The Balaban J connectivity index is 1.96. The Hall–Kier alpha value is -1.97. The first-order valence-electron chi connectivity index (χ1n) is 8.01. The van der Waals surface area contributed by atoms with Gasteiger partial charge in [-0.1, -0.05) is 6.07 Å². The number of carbonyl (C=O) groups excluding carboxylic acids is 1. The van der Waals surface area contributed by atoms with E-state index < -0.39 is 0 Å². The number of pyridine rings is 1. The molecule has 6 nitrogen and oxygen atoms in total. The predicted octanol–water partition coefficient (Wildman–Crippen LogP) is 1.43. The average molecular weight is 316 g/mol. The molecule has 1 aliphatic rings. The van der Waals surface area contributed by atoms with Gasteiger partial charge in [-0.3, -0.25) is 14.7 Å². The van der Waals surface area contributed by atoms with Gasteiger partial charge in [0.25, 0.3) is 0 Å². The SMILES string of the molecule is CC1CN(C(=O)CN(CCC#N)Cc2ccccn2)CC(C)O1. The van der Waals surface area contributed by atoms with E-state index in [1.165, 1.54) is 0 Å². The Morgan fingerprint density at radius 2 is 2.17 bits per heavy atom. The van der Waals surface area contributed by atoms with Crippen LogP contribution in [0, 0.1) is 11.3 Å². The number of ether oxygens (including phenoxy) is 1. The molecule has 6 heteroatoms. The molecule has 0 spiro atoms. The molecule has 1 aromatic rings. The van der Waals surface area contributed by atoms with E-state index in [0.717, 1.165) is 5.69 Å². The summed E-state index contributed by atoms with van der Waals surface area (Å²) < 4.78 is 5.67. The minimum atomic E-state index is 0.0612. The van der Waals surface area contributed by atoms with E-state index in [-0.39, 0.29) is 18.1 Å². The number of hydrogen-bond donors (Lipinski definition) is 0. The lowest BCUT2D eigenvalue weighted by Gasteiger charge is -2.36. The van der Waals surface area contributed by atoms with E-state index in [2.05, 4.69) is 11.1 Å². The second-order valence-corrected chi connectivity index (χ2v) is 6.00. The summed E-state index contributed by atoms with van der Waals surface area (Å²) in [7, 11) is 0. The topological polar surface area (TPSA) is 69.5 Å². The smallest absolute Gasteiger partial charge is 0.236 e. The van der Waals surface area contributed by atoms with Crippen molar-refractivity contribution in [1.29, 1.82) is 5.26 Å². The normalized spacial score (nSPS) is 21.2. The fraction of sp³-hybridized carbons (Fsp3) is 0.588. The van der Waals surface area contributed by atoms with Crippen molar-refractivity contribution in [2.75, 3.05) is 26.2 Å². The first-order valence-corrected chi connectivity index (χ1v) is 8.01. The first-order chi connectivity index (χ1) is 11.1. The lowest BCUT2D eigenvalue weighted by molar-refractivity contribution is -0.144. The second kappa shape index (κ2) is 8.61. The molecule has 2 atom stereocenters. The van der Waals surface area contributed by atoms with Gasteiger partial charge in [0, 0.05) is 38.8 Å². The highest BCUT2D eigenvalue weighted by Gasteiger charge is 2.26. The number of morpholine rings is 1. The molecule has 1 amide bonds. The maximum absolute atomic E-state index is 12.6. The molecule has 0 saturated carbocycles. The molecule has 0 bridgehead atoms. The van der Waals surface area contributed by atoms with Crippen molar-refractivity contribution in [3.8, 4) is 6.07 Å². The van der Waals surface area contributed by atoms with Gasteiger partial charge in [0.05, 0.1) is 30.5 Å². The summed E-state index contributed by atoms with van der Waals surface area (Å²) in [6.07, 6.45) is 2.26. The van der Waals surface area contributed by atoms with E-state index in [9.17, 15) is 4.79 Å². The zero-order valence-corrected chi connectivity index (χ0v) is 13.8. The zero-order chi connectivity index (χ0) is 16.7. The molecule has 0 aliphatic carbocycles. The summed E-state index contributed by atoms with van der Waals surface area (Å²) in [5, 5.41) is 8.83. The summed E-state index contributed by atoms with van der Waals surface area (Å²) in [6.45, 7) is 6.65. The summed E-state index contributed by atoms with van der Waals surface area (Å²) in [4.78, 5) is 20.7. The Bertz CT molecular complexity index is 533. The van der Waals surface area contributed by atoms with Crippen LogP contribution in [0.5, 0.6) is 0 Å². The van der Waals surface area contributed by atoms with Crippen molar-refractivity contribution in [2.45, 2.75) is 39.0 Å². The van der Waals surface area contributed by atoms with Crippen molar-refractivity contribution in [1.82, 2.24) is 14.8 Å². The van der Waals surface area contributed by atoms with Crippen LogP contribution in [-0.2, 0) is 16.1 Å². The van der Waals surface area contributed by atoms with E-state index >= 15 is 0 Å². The van der Waals surface area contributed by atoms with Gasteiger partial charge >= 0.3 is 0 Å². The molecular weight excluding hydrogens is 292 g/mol. The average Bonchev–Trinajstić information content (AvgIpc) is 2.52. The molecule has 1 aromatic heterocycles. The number of nitrogens with zero attached hydrogens (tertiary/aromatic N) is 4. The first kappa shape index (κ1) is 17.4. The maximum atomic E-state index is 12.6. The predicted molar refractivity (Wildman–Crippen MR) is 86.3 cm³/mol. The van der Waals surface area contributed by atoms with Gasteiger partial charge in [0.2, 0.25) is 5.91 Å². The third-order valence-corrected chi connectivity index (χ3v) is 3.78. The summed E-state index contributed by atoms with van der Waals surface area (Å²) in [6, 6.07) is 7.87. The van der Waals surface area contributed by atoms with E-state index in [0.29, 0.717) is 39.1 Å². The highest BCUT2D eigenvalue weighted by Crippen LogP contribution is 2.12. The van der Waals surface area contributed by atoms with Crippen LogP contribution in [0.1, 0.15) is 26.0 Å². The molecular formula is C17H24N4O2. The summed E-state index contributed by atoms with van der Waals surface area (Å²) in [5.74, 6) is 0.0841. The van der Waals surface area contributed by atoms with Crippen molar-refractivity contribution in [3.63, 3.8) is 0 Å². The van der Waals surface area contributed by atoms with Gasteiger partial charge in [-0.2, -0.15) is 5.26 Å². The van der Waals surface area contributed by atoms with Gasteiger partial charge in [0.15, 0.2) is 0 Å². The minimum absolute atomic E-state index is 0.0612. The fourth-order valence-electron chi connectivity index (χ4n) is 2.82. The molecule has 0 N–H and O–H groups in total. The minimum Gasteiger partial charge on any atom is -0.372 e. The van der Waals surface area contributed by atoms with E-state index in [1.54, 1.807) is 6.20 Å². The molecule has 2 rings (SSSR count). The largest absolute Gasteiger partial charge is 0.372 e. The third kappa shape index (κ3) is 5.62. The van der Waals surface area contributed by atoms with E-state index in [1.807, 2.05) is 41.8 Å². The Labute approximate surface area is 137 Å². The highest BCUT2D eigenvalue weighted by atomic mass is 16.5. The van der Waals surface area contributed by atoms with Crippen molar-refractivity contribution < 1.29 is 9.53 Å². The van der Waals surface area contributed by atoms with Gasteiger partial charge in [0.1, 0.15) is 0 Å². The van der Waals surface area contributed by atoms with Crippen molar-refractivity contribution in [2.24, 2.45) is 0 Å². The zero-order valence-electron chi connectivity index (χ0n) is 13.8. The Morgan fingerprint density at radius 3 is 2.78 bits per heavy atom. The number of amides is 1. The molecule has 124 valence electrons. The Kier molecular flexibility index (Phi) is 6.51. The molecule has 23 heavy (non-hydrogen) atoms. The molecule has 1 saturated heterocycles. The van der Waals surface area contributed by atoms with Gasteiger partial charge in [-0.05, 0) is 26.0 Å². The van der Waals surface area contributed by atoms with Crippen LogP contribution >= 0.6 is 0 Å². The van der Waals surface area contributed by atoms with Gasteiger partial charge < -0.3 is 9.64 Å². The van der Waals surface area contributed by atoms with Gasteiger partial charge in [-0.15, -0.1) is 0 Å². The second-order valence-electron chi connectivity index (χ2n) is 6.00. The van der Waals surface area contributed by atoms with Crippen LogP contribution in [0.15, 0.2) is 24.4 Å². The maximum Gasteiger partial charge on any atom is 0.236 e. The van der Waals surface area contributed by atoms with E-state index in [4.69, 9.17) is 10.00 Å². The quantitative estimate of drug-likeness (QED) is 0.794. The van der Waals surface area contributed by atoms with Crippen LogP contribution in [0.4, 0.5) is 0 Å². The van der Waals surface area contributed by atoms with Crippen LogP contribution in [0.3, 0.4) is 0 Å². The Morgan fingerprint density at radius 1 is 1.43 bits per heavy atom. The highest BCUT2D eigenvalue weighted by molar-refractivity contribution is 5.78. The number of aromatic nitrogens is 1. The number of hydrogen-bond acceptors (Lipinski definition) is 5. The molecule has 0 aromatic carbocycles. The molecule has 0 radical (unpaired) electrons. The van der Waals surface area contributed by atoms with Crippen LogP contribution < -0.4 is 0 Å². The molecule has 1 fully saturated rings. The summed E-state index contributed by atoms with van der Waals surface area (Å²) in [5.41, 5.74) is 0.905. The lowest BCUT2D eigenvalue weighted by Crippen LogP contribution is -2.51.